The second-order valence-electron chi connectivity index (χ2n) is 3.84. The Morgan fingerprint density at radius 3 is 3.00 bits per heavy atom. The third-order valence-electron chi connectivity index (χ3n) is 2.50. The first-order valence-electron chi connectivity index (χ1n) is 5.49. The van der Waals surface area contributed by atoms with Gasteiger partial charge in [0.25, 0.3) is 5.56 Å². The minimum Gasteiger partial charge on any atom is -0.267 e. The van der Waals surface area contributed by atoms with Crippen molar-refractivity contribution in [1.82, 2.24) is 14.6 Å². The van der Waals surface area contributed by atoms with Crippen molar-refractivity contribution in [2.24, 2.45) is 0 Å². The van der Waals surface area contributed by atoms with E-state index in [4.69, 9.17) is 11.6 Å². The monoisotopic (exact) mass is 289 g/mol. The zero-order chi connectivity index (χ0) is 13.2. The molecular formula is C13H8ClN3OS. The molecule has 0 N–H and O–H groups in total. The molecule has 0 fully saturated rings. The molecule has 2 heterocycles. The lowest BCUT2D eigenvalue weighted by atomic mass is 10.2. The minimum absolute atomic E-state index is 0.183. The molecule has 1 aromatic carbocycles. The number of hydrogen-bond donors (Lipinski definition) is 0. The van der Waals surface area contributed by atoms with E-state index in [0.29, 0.717) is 15.7 Å². The number of rotatable bonds is 2. The summed E-state index contributed by atoms with van der Waals surface area (Å²) in [5, 5.41) is 4.58. The van der Waals surface area contributed by atoms with Crippen LogP contribution in [-0.4, -0.2) is 14.6 Å². The van der Waals surface area contributed by atoms with Crippen LogP contribution in [0.5, 0.6) is 0 Å². The van der Waals surface area contributed by atoms with Crippen LogP contribution in [0.15, 0.2) is 40.6 Å². The zero-order valence-corrected chi connectivity index (χ0v) is 11.2. The van der Waals surface area contributed by atoms with Crippen molar-refractivity contribution in [3.63, 3.8) is 0 Å². The van der Waals surface area contributed by atoms with Crippen molar-refractivity contribution >= 4 is 40.1 Å². The van der Waals surface area contributed by atoms with Crippen LogP contribution in [0.1, 0.15) is 11.3 Å². The van der Waals surface area contributed by atoms with Gasteiger partial charge < -0.3 is 0 Å². The molecule has 0 aliphatic heterocycles. The first kappa shape index (κ1) is 12.1. The predicted molar refractivity (Wildman–Crippen MR) is 77.5 cm³/mol. The van der Waals surface area contributed by atoms with Gasteiger partial charge in [0.15, 0.2) is 0 Å². The van der Waals surface area contributed by atoms with E-state index in [9.17, 15) is 4.79 Å². The maximum absolute atomic E-state index is 11.7. The van der Waals surface area contributed by atoms with Crippen molar-refractivity contribution in [3.8, 4) is 0 Å². The zero-order valence-electron chi connectivity index (χ0n) is 9.65. The van der Waals surface area contributed by atoms with Gasteiger partial charge in [-0.2, -0.15) is 9.61 Å². The average Bonchev–Trinajstić information content (AvgIpc) is 2.85. The number of nitrogens with zero attached hydrogens (tertiary/aromatic N) is 3. The second kappa shape index (κ2) is 4.95. The molecule has 3 aromatic rings. The van der Waals surface area contributed by atoms with Crippen LogP contribution >= 0.6 is 22.9 Å². The molecule has 0 radical (unpaired) electrons. The molecule has 2 aromatic heterocycles. The van der Waals surface area contributed by atoms with Gasteiger partial charge in [-0.1, -0.05) is 41.1 Å². The van der Waals surface area contributed by atoms with Gasteiger partial charge in [0.1, 0.15) is 5.51 Å². The molecule has 0 atom stereocenters. The van der Waals surface area contributed by atoms with Crippen molar-refractivity contribution in [2.75, 3.05) is 0 Å². The summed E-state index contributed by atoms with van der Waals surface area (Å²) in [6, 6.07) is 8.91. The molecular weight excluding hydrogens is 282 g/mol. The fraction of sp³-hybridized carbons (Fsp3) is 0. The van der Waals surface area contributed by atoms with Gasteiger partial charge in [0.2, 0.25) is 4.96 Å². The van der Waals surface area contributed by atoms with Crippen LogP contribution < -0.4 is 5.56 Å². The largest absolute Gasteiger partial charge is 0.275 e. The first-order valence-corrected chi connectivity index (χ1v) is 6.75. The van der Waals surface area contributed by atoms with E-state index in [2.05, 4.69) is 10.1 Å². The lowest BCUT2D eigenvalue weighted by Gasteiger charge is -1.95. The lowest BCUT2D eigenvalue weighted by Crippen LogP contribution is -2.13. The van der Waals surface area contributed by atoms with Crippen LogP contribution in [0.3, 0.4) is 0 Å². The predicted octanol–water partition coefficient (Wildman–Crippen LogP) is 2.97. The second-order valence-corrected chi connectivity index (χ2v) is 5.09. The van der Waals surface area contributed by atoms with Crippen LogP contribution in [0.25, 0.3) is 17.1 Å². The van der Waals surface area contributed by atoms with E-state index in [-0.39, 0.29) is 5.56 Å². The normalized spacial score (nSPS) is 11.4. The number of hydrogen-bond acceptors (Lipinski definition) is 4. The molecule has 3 rings (SSSR count). The summed E-state index contributed by atoms with van der Waals surface area (Å²) in [6.45, 7) is 0. The van der Waals surface area contributed by atoms with E-state index in [1.165, 1.54) is 21.9 Å². The Balaban J connectivity index is 1.99. The van der Waals surface area contributed by atoms with E-state index in [1.807, 2.05) is 30.3 Å². The highest BCUT2D eigenvalue weighted by atomic mass is 35.5. The van der Waals surface area contributed by atoms with Gasteiger partial charge in [0.05, 0.1) is 5.69 Å². The van der Waals surface area contributed by atoms with Crippen LogP contribution in [0, 0.1) is 0 Å². The summed E-state index contributed by atoms with van der Waals surface area (Å²) in [5.74, 6) is 0. The van der Waals surface area contributed by atoms with Crippen molar-refractivity contribution in [3.05, 3.63) is 62.5 Å². The summed E-state index contributed by atoms with van der Waals surface area (Å²) in [5.41, 5.74) is 2.97. The lowest BCUT2D eigenvalue weighted by molar-refractivity contribution is 0.897. The molecule has 0 unspecified atom stereocenters. The molecule has 0 bridgehead atoms. The Kier molecular flexibility index (Phi) is 3.15. The Labute approximate surface area is 117 Å². The third kappa shape index (κ3) is 2.57. The van der Waals surface area contributed by atoms with Crippen molar-refractivity contribution in [1.29, 1.82) is 0 Å². The molecule has 0 aliphatic rings. The smallest absolute Gasteiger partial charge is 0.267 e. The van der Waals surface area contributed by atoms with Gasteiger partial charge in [-0.3, -0.25) is 4.79 Å². The average molecular weight is 290 g/mol. The molecule has 4 nitrogen and oxygen atoms in total. The van der Waals surface area contributed by atoms with Crippen LogP contribution in [-0.2, 0) is 0 Å². The Bertz CT molecular complexity index is 822. The molecule has 0 amide bonds. The Morgan fingerprint density at radius 1 is 1.26 bits per heavy atom. The Morgan fingerprint density at radius 2 is 2.16 bits per heavy atom. The topological polar surface area (TPSA) is 47.3 Å². The number of aromatic nitrogens is 3. The van der Waals surface area contributed by atoms with Gasteiger partial charge >= 0.3 is 0 Å². The summed E-state index contributed by atoms with van der Waals surface area (Å²) in [6.07, 6.45) is 3.65. The molecule has 0 saturated heterocycles. The van der Waals surface area contributed by atoms with Gasteiger partial charge in [0, 0.05) is 11.1 Å². The first-order chi connectivity index (χ1) is 9.22. The fourth-order valence-corrected chi connectivity index (χ4v) is 2.48. The van der Waals surface area contributed by atoms with E-state index in [1.54, 1.807) is 11.6 Å². The van der Waals surface area contributed by atoms with Crippen LogP contribution in [0.4, 0.5) is 0 Å². The van der Waals surface area contributed by atoms with E-state index < -0.39 is 0 Å². The van der Waals surface area contributed by atoms with Gasteiger partial charge in [-0.05, 0) is 23.8 Å². The summed E-state index contributed by atoms with van der Waals surface area (Å²) in [4.78, 5) is 16.7. The number of fused-ring (bicyclic) bond motifs is 1. The maximum Gasteiger partial charge on any atom is 0.275 e. The molecule has 94 valence electrons. The molecule has 0 aliphatic carbocycles. The van der Waals surface area contributed by atoms with Crippen LogP contribution in [0.2, 0.25) is 5.02 Å². The van der Waals surface area contributed by atoms with Crippen molar-refractivity contribution in [2.45, 2.75) is 0 Å². The van der Waals surface area contributed by atoms with Gasteiger partial charge in [-0.25, -0.2) is 4.98 Å². The van der Waals surface area contributed by atoms with Gasteiger partial charge in [-0.15, -0.1) is 0 Å². The quantitative estimate of drug-likeness (QED) is 0.729. The number of benzene rings is 1. The summed E-state index contributed by atoms with van der Waals surface area (Å²) < 4.78 is 1.28. The maximum atomic E-state index is 11.7. The Hall–Kier alpha value is -1.98. The summed E-state index contributed by atoms with van der Waals surface area (Å²) >= 11 is 7.23. The molecule has 6 heteroatoms. The highest BCUT2D eigenvalue weighted by Gasteiger charge is 2.01. The highest BCUT2D eigenvalue weighted by Crippen LogP contribution is 2.13. The highest BCUT2D eigenvalue weighted by molar-refractivity contribution is 7.14. The van der Waals surface area contributed by atoms with E-state index in [0.717, 1.165) is 5.56 Å². The molecule has 0 saturated carbocycles. The standard InChI is InChI=1S/C13H8ClN3OS/c14-10-3-1-2-9(6-10)4-5-11-7-12(18)17-13(16-11)19-8-15-17/h1-8H. The summed E-state index contributed by atoms with van der Waals surface area (Å²) in [7, 11) is 0. The van der Waals surface area contributed by atoms with Crippen molar-refractivity contribution < 1.29 is 0 Å². The molecule has 0 spiro atoms. The SMILES string of the molecule is O=c1cc(C=Cc2cccc(Cl)c2)nc2scnn12. The number of halogens is 1. The fourth-order valence-electron chi connectivity index (χ4n) is 1.65. The third-order valence-corrected chi connectivity index (χ3v) is 3.41. The van der Waals surface area contributed by atoms with E-state index >= 15 is 0 Å². The molecule has 19 heavy (non-hydrogen) atoms. The minimum atomic E-state index is -0.183.